The number of hydrogen-bond acceptors (Lipinski definition) is 4. The van der Waals surface area contributed by atoms with Crippen LogP contribution in [-0.4, -0.2) is 34.6 Å². The summed E-state index contributed by atoms with van der Waals surface area (Å²) in [5.41, 5.74) is 3.72. The minimum Gasteiger partial charge on any atom is -0.491 e. The minimum absolute atomic E-state index is 0.0346. The summed E-state index contributed by atoms with van der Waals surface area (Å²) >= 11 is 0. The van der Waals surface area contributed by atoms with Crippen molar-refractivity contribution in [2.75, 3.05) is 6.61 Å². The monoisotopic (exact) mass is 340 g/mol. The molecule has 25 heavy (non-hydrogen) atoms. The molecule has 6 heteroatoms. The van der Waals surface area contributed by atoms with E-state index >= 15 is 0 Å². The molecule has 0 aromatic heterocycles. The molecule has 0 saturated heterocycles. The second kappa shape index (κ2) is 7.36. The lowest BCUT2D eigenvalue weighted by molar-refractivity contribution is -0.133. The van der Waals surface area contributed by atoms with Crippen LogP contribution in [-0.2, 0) is 17.8 Å². The Hall–Kier alpha value is -2.86. The number of benzene rings is 2. The highest BCUT2D eigenvalue weighted by molar-refractivity contribution is 5.93. The highest BCUT2D eigenvalue weighted by atomic mass is 16.5. The lowest BCUT2D eigenvalue weighted by Crippen LogP contribution is -2.40. The van der Waals surface area contributed by atoms with Crippen LogP contribution in [0.25, 0.3) is 0 Å². The molecule has 2 aromatic carbocycles. The molecule has 0 aliphatic carbocycles. The topological polar surface area (TPSA) is 78.9 Å². The SMILES string of the molecule is C[C@H]1COc2cc(C(=O)NO)ccc2CN1C(=O)Cc1ccccc1. The van der Waals surface area contributed by atoms with Crippen molar-refractivity contribution < 1.29 is 19.5 Å². The van der Waals surface area contributed by atoms with Gasteiger partial charge < -0.3 is 9.64 Å². The van der Waals surface area contributed by atoms with Crippen LogP contribution in [0.3, 0.4) is 0 Å². The van der Waals surface area contributed by atoms with E-state index in [-0.39, 0.29) is 11.9 Å². The van der Waals surface area contributed by atoms with E-state index in [2.05, 4.69) is 0 Å². The number of fused-ring (bicyclic) bond motifs is 1. The molecule has 0 saturated carbocycles. The van der Waals surface area contributed by atoms with Gasteiger partial charge in [0.15, 0.2) is 0 Å². The number of hydroxylamine groups is 1. The Labute approximate surface area is 146 Å². The first-order valence-corrected chi connectivity index (χ1v) is 8.12. The summed E-state index contributed by atoms with van der Waals surface area (Å²) < 4.78 is 5.77. The highest BCUT2D eigenvalue weighted by Crippen LogP contribution is 2.27. The van der Waals surface area contributed by atoms with Crippen molar-refractivity contribution in [2.45, 2.75) is 25.9 Å². The maximum atomic E-state index is 12.7. The van der Waals surface area contributed by atoms with Crippen molar-refractivity contribution in [1.29, 1.82) is 0 Å². The Balaban J connectivity index is 1.80. The molecular weight excluding hydrogens is 320 g/mol. The fourth-order valence-electron chi connectivity index (χ4n) is 2.87. The van der Waals surface area contributed by atoms with Crippen molar-refractivity contribution in [3.63, 3.8) is 0 Å². The van der Waals surface area contributed by atoms with E-state index in [1.807, 2.05) is 37.3 Å². The zero-order chi connectivity index (χ0) is 17.8. The predicted molar refractivity (Wildman–Crippen MR) is 91.3 cm³/mol. The zero-order valence-corrected chi connectivity index (χ0v) is 13.9. The van der Waals surface area contributed by atoms with E-state index < -0.39 is 5.91 Å². The lowest BCUT2D eigenvalue weighted by atomic mass is 10.1. The molecule has 1 atom stereocenters. The number of amides is 2. The predicted octanol–water partition coefficient (Wildman–Crippen LogP) is 2.16. The summed E-state index contributed by atoms with van der Waals surface area (Å²) in [5, 5.41) is 8.75. The number of ether oxygens (including phenoxy) is 1. The van der Waals surface area contributed by atoms with E-state index in [0.29, 0.717) is 30.9 Å². The van der Waals surface area contributed by atoms with Gasteiger partial charge in [-0.2, -0.15) is 0 Å². The van der Waals surface area contributed by atoms with Gasteiger partial charge in [-0.25, -0.2) is 5.48 Å². The number of nitrogens with one attached hydrogen (secondary N) is 1. The number of rotatable bonds is 3. The molecule has 0 bridgehead atoms. The molecule has 0 radical (unpaired) electrons. The standard InChI is InChI=1S/C19H20N2O4/c1-13-12-25-17-10-15(19(23)20-24)7-8-16(17)11-21(13)18(22)9-14-5-3-2-4-6-14/h2-8,10,13,24H,9,11-12H2,1H3,(H,20,23)/t13-/m0/s1. The van der Waals surface area contributed by atoms with E-state index in [0.717, 1.165) is 11.1 Å². The molecule has 130 valence electrons. The summed E-state index contributed by atoms with van der Waals surface area (Å²) in [6.45, 7) is 2.71. The minimum atomic E-state index is -0.597. The number of carbonyl (C=O) groups is 2. The van der Waals surface area contributed by atoms with Crippen LogP contribution in [0, 0.1) is 0 Å². The largest absolute Gasteiger partial charge is 0.491 e. The molecule has 3 rings (SSSR count). The third-order valence-electron chi connectivity index (χ3n) is 4.30. The van der Waals surface area contributed by atoms with Crippen LogP contribution in [0.4, 0.5) is 0 Å². The van der Waals surface area contributed by atoms with Crippen molar-refractivity contribution in [3.8, 4) is 5.75 Å². The van der Waals surface area contributed by atoms with Gasteiger partial charge in [0.05, 0.1) is 12.5 Å². The van der Waals surface area contributed by atoms with Gasteiger partial charge in [0.2, 0.25) is 5.91 Å². The van der Waals surface area contributed by atoms with E-state index in [1.54, 1.807) is 28.6 Å². The molecule has 0 fully saturated rings. The Morgan fingerprint density at radius 3 is 2.72 bits per heavy atom. The summed E-state index contributed by atoms with van der Waals surface area (Å²) in [7, 11) is 0. The van der Waals surface area contributed by atoms with Crippen LogP contribution >= 0.6 is 0 Å². The molecule has 0 unspecified atom stereocenters. The molecular formula is C19H20N2O4. The quantitative estimate of drug-likeness (QED) is 0.663. The molecule has 2 amide bonds. The summed E-state index contributed by atoms with van der Waals surface area (Å²) in [6.07, 6.45) is 0.339. The molecule has 1 aliphatic rings. The first-order chi connectivity index (χ1) is 12.1. The average Bonchev–Trinajstić information content (AvgIpc) is 2.80. The summed E-state index contributed by atoms with van der Waals surface area (Å²) in [5.74, 6) is -0.00371. The van der Waals surface area contributed by atoms with Crippen molar-refractivity contribution in [3.05, 3.63) is 65.2 Å². The number of carbonyl (C=O) groups excluding carboxylic acids is 2. The molecule has 2 aromatic rings. The van der Waals surface area contributed by atoms with Gasteiger partial charge >= 0.3 is 0 Å². The first-order valence-electron chi connectivity index (χ1n) is 8.12. The maximum Gasteiger partial charge on any atom is 0.274 e. The van der Waals surface area contributed by atoms with Gasteiger partial charge in [0.1, 0.15) is 12.4 Å². The van der Waals surface area contributed by atoms with Crippen LogP contribution in [0.2, 0.25) is 0 Å². The normalized spacial score (nSPS) is 16.4. The Morgan fingerprint density at radius 1 is 1.24 bits per heavy atom. The first kappa shape index (κ1) is 17.0. The van der Waals surface area contributed by atoms with Crippen molar-refractivity contribution in [2.24, 2.45) is 0 Å². The average molecular weight is 340 g/mol. The second-order valence-corrected chi connectivity index (χ2v) is 6.11. The molecule has 1 heterocycles. The van der Waals surface area contributed by atoms with Gasteiger partial charge in [0, 0.05) is 17.7 Å². The van der Waals surface area contributed by atoms with Crippen LogP contribution < -0.4 is 10.2 Å². The Morgan fingerprint density at radius 2 is 2.00 bits per heavy atom. The van der Waals surface area contributed by atoms with Crippen LogP contribution in [0.5, 0.6) is 5.75 Å². The summed E-state index contributed by atoms with van der Waals surface area (Å²) in [4.78, 5) is 26.1. The fraction of sp³-hybridized carbons (Fsp3) is 0.263. The van der Waals surface area contributed by atoms with Crippen LogP contribution in [0.15, 0.2) is 48.5 Å². The van der Waals surface area contributed by atoms with E-state index in [1.165, 1.54) is 0 Å². The summed E-state index contributed by atoms with van der Waals surface area (Å²) in [6, 6.07) is 14.5. The maximum absolute atomic E-state index is 12.7. The molecule has 1 aliphatic heterocycles. The van der Waals surface area contributed by atoms with Crippen molar-refractivity contribution >= 4 is 11.8 Å². The molecule has 2 N–H and O–H groups in total. The van der Waals surface area contributed by atoms with Gasteiger partial charge in [0.25, 0.3) is 5.91 Å². The van der Waals surface area contributed by atoms with Gasteiger partial charge in [-0.3, -0.25) is 14.8 Å². The third kappa shape index (κ3) is 3.80. The van der Waals surface area contributed by atoms with Gasteiger partial charge in [-0.1, -0.05) is 36.4 Å². The van der Waals surface area contributed by atoms with Crippen molar-refractivity contribution in [1.82, 2.24) is 10.4 Å². The number of nitrogens with zero attached hydrogens (tertiary/aromatic N) is 1. The zero-order valence-electron chi connectivity index (χ0n) is 13.9. The second-order valence-electron chi connectivity index (χ2n) is 6.11. The van der Waals surface area contributed by atoms with Crippen LogP contribution in [0.1, 0.15) is 28.4 Å². The Kier molecular flexibility index (Phi) is 5.00. The fourth-order valence-corrected chi connectivity index (χ4v) is 2.87. The van der Waals surface area contributed by atoms with E-state index in [4.69, 9.17) is 9.94 Å². The third-order valence-corrected chi connectivity index (χ3v) is 4.30. The molecule has 0 spiro atoms. The van der Waals surface area contributed by atoms with Gasteiger partial charge in [-0.05, 0) is 24.6 Å². The highest BCUT2D eigenvalue weighted by Gasteiger charge is 2.26. The lowest BCUT2D eigenvalue weighted by Gasteiger charge is -2.26. The Bertz CT molecular complexity index is 776. The molecule has 6 nitrogen and oxygen atoms in total. The van der Waals surface area contributed by atoms with E-state index in [9.17, 15) is 9.59 Å². The van der Waals surface area contributed by atoms with Gasteiger partial charge in [-0.15, -0.1) is 0 Å². The smallest absolute Gasteiger partial charge is 0.274 e. The number of hydrogen-bond donors (Lipinski definition) is 2.